The molecular formula is C17H25N3O. The molecule has 0 radical (unpaired) electrons. The Morgan fingerprint density at radius 3 is 3.00 bits per heavy atom. The molecule has 0 amide bonds. The molecular weight excluding hydrogens is 262 g/mol. The van der Waals surface area contributed by atoms with Crippen molar-refractivity contribution in [2.45, 2.75) is 32.2 Å². The van der Waals surface area contributed by atoms with Crippen LogP contribution in [0, 0.1) is 5.92 Å². The van der Waals surface area contributed by atoms with Gasteiger partial charge in [0, 0.05) is 26.1 Å². The third-order valence-corrected chi connectivity index (χ3v) is 4.51. The van der Waals surface area contributed by atoms with Crippen LogP contribution in [-0.4, -0.2) is 35.4 Å². The number of hydrogen-bond donors (Lipinski definition) is 1. The lowest BCUT2D eigenvalue weighted by Gasteiger charge is -2.30. The smallest absolute Gasteiger partial charge is 0.111 e. The van der Waals surface area contributed by atoms with Crippen molar-refractivity contribution >= 4 is 11.0 Å². The van der Waals surface area contributed by atoms with E-state index in [-0.39, 0.29) is 0 Å². The summed E-state index contributed by atoms with van der Waals surface area (Å²) in [5, 5.41) is 3.64. The highest BCUT2D eigenvalue weighted by Crippen LogP contribution is 2.22. The molecule has 1 aliphatic rings. The minimum atomic E-state index is 0.450. The van der Waals surface area contributed by atoms with Crippen molar-refractivity contribution in [2.75, 3.05) is 19.8 Å². The summed E-state index contributed by atoms with van der Waals surface area (Å²) in [6, 6.07) is 8.80. The average molecular weight is 287 g/mol. The zero-order valence-corrected chi connectivity index (χ0v) is 13.0. The first kappa shape index (κ1) is 14.5. The van der Waals surface area contributed by atoms with E-state index in [1.165, 1.54) is 18.4 Å². The third kappa shape index (κ3) is 3.11. The SMILES string of the molecule is CCNC(Cc1nc2ccccc2n1C)C1CCCOC1. The van der Waals surface area contributed by atoms with E-state index in [0.717, 1.165) is 37.5 Å². The highest BCUT2D eigenvalue weighted by atomic mass is 16.5. The van der Waals surface area contributed by atoms with Gasteiger partial charge in [-0.3, -0.25) is 0 Å². The van der Waals surface area contributed by atoms with Gasteiger partial charge < -0.3 is 14.6 Å². The number of rotatable bonds is 5. The van der Waals surface area contributed by atoms with E-state index in [1.807, 2.05) is 0 Å². The number of aryl methyl sites for hydroxylation is 1. The van der Waals surface area contributed by atoms with Crippen LogP contribution >= 0.6 is 0 Å². The van der Waals surface area contributed by atoms with E-state index < -0.39 is 0 Å². The molecule has 4 nitrogen and oxygen atoms in total. The van der Waals surface area contributed by atoms with E-state index in [2.05, 4.69) is 48.1 Å². The molecule has 21 heavy (non-hydrogen) atoms. The van der Waals surface area contributed by atoms with E-state index >= 15 is 0 Å². The number of fused-ring (bicyclic) bond motifs is 1. The predicted molar refractivity (Wildman–Crippen MR) is 85.4 cm³/mol. The summed E-state index contributed by atoms with van der Waals surface area (Å²) in [6.45, 7) is 4.96. The lowest BCUT2D eigenvalue weighted by atomic mass is 9.91. The van der Waals surface area contributed by atoms with Crippen molar-refractivity contribution in [2.24, 2.45) is 13.0 Å². The van der Waals surface area contributed by atoms with Crippen molar-refractivity contribution in [3.05, 3.63) is 30.1 Å². The zero-order valence-electron chi connectivity index (χ0n) is 13.0. The molecule has 1 aromatic heterocycles. The van der Waals surface area contributed by atoms with Gasteiger partial charge in [-0.25, -0.2) is 4.98 Å². The van der Waals surface area contributed by atoms with Gasteiger partial charge in [0.1, 0.15) is 5.82 Å². The molecule has 2 aromatic rings. The van der Waals surface area contributed by atoms with Crippen molar-refractivity contribution in [3.8, 4) is 0 Å². The van der Waals surface area contributed by atoms with E-state index in [9.17, 15) is 0 Å². The lowest BCUT2D eigenvalue weighted by Crippen LogP contribution is -2.42. The second kappa shape index (κ2) is 6.58. The van der Waals surface area contributed by atoms with Crippen molar-refractivity contribution in [1.82, 2.24) is 14.9 Å². The molecule has 0 aliphatic carbocycles. The Kier molecular flexibility index (Phi) is 4.56. The normalized spacial score (nSPS) is 20.8. The third-order valence-electron chi connectivity index (χ3n) is 4.51. The van der Waals surface area contributed by atoms with Crippen LogP contribution in [0.1, 0.15) is 25.6 Å². The summed E-state index contributed by atoms with van der Waals surface area (Å²) in [6.07, 6.45) is 3.39. The lowest BCUT2D eigenvalue weighted by molar-refractivity contribution is 0.0392. The molecule has 0 spiro atoms. The molecule has 114 valence electrons. The van der Waals surface area contributed by atoms with Crippen molar-refractivity contribution < 1.29 is 4.74 Å². The van der Waals surface area contributed by atoms with Crippen LogP contribution in [-0.2, 0) is 18.2 Å². The Morgan fingerprint density at radius 1 is 1.43 bits per heavy atom. The van der Waals surface area contributed by atoms with Crippen LogP contribution in [0.4, 0.5) is 0 Å². The highest BCUT2D eigenvalue weighted by Gasteiger charge is 2.25. The fourth-order valence-electron chi connectivity index (χ4n) is 3.33. The van der Waals surface area contributed by atoms with Crippen molar-refractivity contribution in [3.63, 3.8) is 0 Å². The molecule has 2 heterocycles. The van der Waals surface area contributed by atoms with Gasteiger partial charge >= 0.3 is 0 Å². The Balaban J connectivity index is 1.81. The number of aromatic nitrogens is 2. The van der Waals surface area contributed by atoms with E-state index in [1.54, 1.807) is 0 Å². The molecule has 0 bridgehead atoms. The molecule has 1 aliphatic heterocycles. The van der Waals surface area contributed by atoms with Gasteiger partial charge in [0.2, 0.25) is 0 Å². The zero-order chi connectivity index (χ0) is 14.7. The topological polar surface area (TPSA) is 39.1 Å². The highest BCUT2D eigenvalue weighted by molar-refractivity contribution is 5.75. The molecule has 3 rings (SSSR count). The molecule has 0 saturated carbocycles. The second-order valence-electron chi connectivity index (χ2n) is 5.92. The predicted octanol–water partition coefficient (Wildman–Crippen LogP) is 2.52. The number of nitrogens with one attached hydrogen (secondary N) is 1. The summed E-state index contributed by atoms with van der Waals surface area (Å²) >= 11 is 0. The number of nitrogens with zero attached hydrogens (tertiary/aromatic N) is 2. The number of likely N-dealkylation sites (N-methyl/N-ethyl adjacent to an activating group) is 1. The Morgan fingerprint density at radius 2 is 2.29 bits per heavy atom. The fourth-order valence-corrected chi connectivity index (χ4v) is 3.33. The molecule has 1 fully saturated rings. The number of benzene rings is 1. The van der Waals surface area contributed by atoms with Crippen molar-refractivity contribution in [1.29, 1.82) is 0 Å². The molecule has 2 atom stereocenters. The van der Waals surface area contributed by atoms with Crippen LogP contribution in [0.5, 0.6) is 0 Å². The quantitative estimate of drug-likeness (QED) is 0.918. The van der Waals surface area contributed by atoms with E-state index in [4.69, 9.17) is 9.72 Å². The van der Waals surface area contributed by atoms with Crippen LogP contribution in [0.25, 0.3) is 11.0 Å². The maximum absolute atomic E-state index is 5.67. The molecule has 1 N–H and O–H groups in total. The number of imidazole rings is 1. The Labute approximate surface area is 126 Å². The van der Waals surface area contributed by atoms with Gasteiger partial charge in [0.15, 0.2) is 0 Å². The monoisotopic (exact) mass is 287 g/mol. The van der Waals surface area contributed by atoms with Crippen LogP contribution in [0.15, 0.2) is 24.3 Å². The number of para-hydroxylation sites is 2. The van der Waals surface area contributed by atoms with Gasteiger partial charge in [0.05, 0.1) is 17.6 Å². The van der Waals surface area contributed by atoms with Gasteiger partial charge in [-0.2, -0.15) is 0 Å². The maximum Gasteiger partial charge on any atom is 0.111 e. The summed E-state index contributed by atoms with van der Waals surface area (Å²) in [7, 11) is 2.12. The second-order valence-corrected chi connectivity index (χ2v) is 5.92. The fraction of sp³-hybridized carbons (Fsp3) is 0.588. The first-order chi connectivity index (χ1) is 10.3. The molecule has 4 heteroatoms. The first-order valence-electron chi connectivity index (χ1n) is 8.01. The largest absolute Gasteiger partial charge is 0.381 e. The van der Waals surface area contributed by atoms with E-state index in [0.29, 0.717) is 12.0 Å². The Bertz CT molecular complexity index is 587. The minimum Gasteiger partial charge on any atom is -0.381 e. The van der Waals surface area contributed by atoms with Gasteiger partial charge in [-0.1, -0.05) is 19.1 Å². The molecule has 2 unspecified atom stereocenters. The summed E-state index contributed by atoms with van der Waals surface area (Å²) in [4.78, 5) is 4.81. The number of hydrogen-bond acceptors (Lipinski definition) is 3. The number of ether oxygens (including phenoxy) is 1. The van der Waals surface area contributed by atoms with Gasteiger partial charge in [-0.15, -0.1) is 0 Å². The molecule has 1 saturated heterocycles. The Hall–Kier alpha value is -1.39. The summed E-state index contributed by atoms with van der Waals surface area (Å²) in [5.74, 6) is 1.76. The summed E-state index contributed by atoms with van der Waals surface area (Å²) in [5.41, 5.74) is 2.30. The van der Waals surface area contributed by atoms with Gasteiger partial charge in [-0.05, 0) is 37.4 Å². The summed E-state index contributed by atoms with van der Waals surface area (Å²) < 4.78 is 7.89. The van der Waals surface area contributed by atoms with Crippen LogP contribution < -0.4 is 5.32 Å². The first-order valence-corrected chi connectivity index (χ1v) is 8.01. The van der Waals surface area contributed by atoms with Gasteiger partial charge in [0.25, 0.3) is 0 Å². The maximum atomic E-state index is 5.67. The van der Waals surface area contributed by atoms with Crippen LogP contribution in [0.3, 0.4) is 0 Å². The van der Waals surface area contributed by atoms with Crippen LogP contribution in [0.2, 0.25) is 0 Å². The standard InChI is InChI=1S/C17H25N3O/c1-3-18-15(13-7-6-10-21-12-13)11-17-19-14-8-4-5-9-16(14)20(17)2/h4-5,8-9,13,15,18H,3,6-7,10-12H2,1-2H3. The minimum absolute atomic E-state index is 0.450. The average Bonchev–Trinajstić information content (AvgIpc) is 2.84. The molecule has 1 aromatic carbocycles.